The molecule has 23 aromatic carbocycles. The molecule has 0 N–H and O–H groups in total. The number of para-hydroxylation sites is 4. The van der Waals surface area contributed by atoms with Crippen molar-refractivity contribution in [3.63, 3.8) is 0 Å². The van der Waals surface area contributed by atoms with Crippen LogP contribution in [0.15, 0.2) is 437 Å². The average molecular weight is 1620 g/mol. The van der Waals surface area contributed by atoms with Crippen LogP contribution >= 0.6 is 0 Å². The topological polar surface area (TPSA) is 19.7 Å². The van der Waals surface area contributed by atoms with E-state index < -0.39 is 0 Å². The van der Waals surface area contributed by atoms with Gasteiger partial charge in [0.05, 0.1) is 61.2 Å². The van der Waals surface area contributed by atoms with Crippen LogP contribution in [0, 0.1) is 0 Å². The zero-order valence-electron chi connectivity index (χ0n) is 69.4. The summed E-state index contributed by atoms with van der Waals surface area (Å²) in [6.07, 6.45) is 0. The van der Waals surface area contributed by atoms with Gasteiger partial charge in [-0.2, -0.15) is 0 Å². The first-order valence-electron chi connectivity index (χ1n) is 44.5. The first-order valence-corrected chi connectivity index (χ1v) is 44.5. The van der Waals surface area contributed by atoms with Crippen LogP contribution in [0.1, 0.15) is 0 Å². The molecule has 27 aromatic rings. The average Bonchev–Trinajstić information content (AvgIpc) is 1.48. The van der Waals surface area contributed by atoms with E-state index in [9.17, 15) is 0 Å². The van der Waals surface area contributed by atoms with E-state index in [1.165, 1.54) is 280 Å². The minimum Gasteiger partial charge on any atom is -0.309 e. The van der Waals surface area contributed by atoms with Crippen LogP contribution in [0.2, 0.25) is 0 Å². The molecule has 30 rings (SSSR count). The Balaban J connectivity index is 0.000000127. The van der Waals surface area contributed by atoms with Crippen LogP contribution in [0.5, 0.6) is 0 Å². The van der Waals surface area contributed by atoms with Crippen molar-refractivity contribution in [2.45, 2.75) is 0 Å². The van der Waals surface area contributed by atoms with Gasteiger partial charge in [0, 0.05) is 64.9 Å². The maximum absolute atomic E-state index is 2.51. The molecule has 0 amide bonds. The standard InChI is InChI=1S/2C62H36N2/c1-4-18-43-39(14-1)40-15-5-7-22-47(40)62-49-23-8-6-19-44(49)60(36-54(43)62)64-56-27-12-10-21-46(56)53-35-38(29-32-59(53)64)37-28-31-58-52(34-37)45-20-9-11-26-55(45)63(58)57-33-30-50-42-17-3-2-16-41(42)48-24-13-25-51(57)61(48)50;1-3-16-44-42(14-1)49-21-10-20-48-41(28-29-51(44)61(48)49)39-12-9-13-40(34-39)63-56-24-7-5-18-46(56)54-35-37(26-31-59(54)63)38-27-32-60-55(36-38)47-19-6-8-25-57(47)64(60)58-33-30-52-45-17-4-2-15-43(45)50-22-11-23-53(58)62(50)52/h2*1-36H. The summed E-state index contributed by atoms with van der Waals surface area (Å²) in [4.78, 5) is 0. The van der Waals surface area contributed by atoms with Crippen molar-refractivity contribution in [3.8, 4) is 123 Å². The summed E-state index contributed by atoms with van der Waals surface area (Å²) < 4.78 is 9.92. The minimum atomic E-state index is 1.16. The quantitative estimate of drug-likeness (QED) is 0.142. The Morgan fingerprint density at radius 3 is 0.812 bits per heavy atom. The van der Waals surface area contributed by atoms with E-state index in [1.807, 2.05) is 0 Å². The van der Waals surface area contributed by atoms with E-state index in [1.54, 1.807) is 0 Å². The van der Waals surface area contributed by atoms with E-state index >= 15 is 0 Å². The van der Waals surface area contributed by atoms with Crippen molar-refractivity contribution < 1.29 is 0 Å². The Morgan fingerprint density at radius 1 is 0.109 bits per heavy atom. The Hall–Kier alpha value is -16.9. The Morgan fingerprint density at radius 2 is 0.383 bits per heavy atom. The molecular weight excluding hydrogens is 1550 g/mol. The van der Waals surface area contributed by atoms with Gasteiger partial charge in [0.25, 0.3) is 0 Å². The van der Waals surface area contributed by atoms with E-state index in [4.69, 9.17) is 0 Å². The van der Waals surface area contributed by atoms with Gasteiger partial charge in [0.15, 0.2) is 0 Å². The van der Waals surface area contributed by atoms with Crippen LogP contribution in [0.25, 0.3) is 286 Å². The normalized spacial score (nSPS) is 12.4. The number of hydrogen-bond donors (Lipinski definition) is 0. The summed E-state index contributed by atoms with van der Waals surface area (Å²) in [5.74, 6) is 0. The van der Waals surface area contributed by atoms with Crippen molar-refractivity contribution in [2.24, 2.45) is 0 Å². The molecule has 0 saturated carbocycles. The number of nitrogens with zero attached hydrogens (tertiary/aromatic N) is 4. The maximum Gasteiger partial charge on any atom is 0.0547 e. The van der Waals surface area contributed by atoms with Crippen LogP contribution in [0.3, 0.4) is 0 Å². The zero-order chi connectivity index (χ0) is 83.2. The van der Waals surface area contributed by atoms with Crippen LogP contribution in [-0.4, -0.2) is 18.3 Å². The van der Waals surface area contributed by atoms with Gasteiger partial charge in [-0.1, -0.05) is 334 Å². The number of benzene rings is 23. The summed E-state index contributed by atoms with van der Waals surface area (Å²) in [7, 11) is 0. The molecule has 4 heteroatoms. The number of hydrogen-bond acceptors (Lipinski definition) is 0. The van der Waals surface area contributed by atoms with Gasteiger partial charge in [0.1, 0.15) is 0 Å². The minimum absolute atomic E-state index is 1.16. The van der Waals surface area contributed by atoms with E-state index in [0.717, 1.165) is 5.69 Å². The van der Waals surface area contributed by atoms with Gasteiger partial charge >= 0.3 is 0 Å². The molecule has 128 heavy (non-hydrogen) atoms. The molecule has 0 atom stereocenters. The number of fused-ring (bicyclic) bond motifs is 29. The fourth-order valence-corrected chi connectivity index (χ4v) is 23.4. The van der Waals surface area contributed by atoms with Gasteiger partial charge in [-0.15, -0.1) is 0 Å². The molecule has 0 spiro atoms. The predicted molar refractivity (Wildman–Crippen MR) is 542 cm³/mol. The predicted octanol–water partition coefficient (Wildman–Crippen LogP) is 33.8. The third kappa shape index (κ3) is 9.61. The molecule has 4 nitrogen and oxygen atoms in total. The molecule has 0 fully saturated rings. The smallest absolute Gasteiger partial charge is 0.0547 e. The molecule has 4 aromatic heterocycles. The lowest BCUT2D eigenvalue weighted by Gasteiger charge is -2.17. The van der Waals surface area contributed by atoms with E-state index in [-0.39, 0.29) is 0 Å². The monoisotopic (exact) mass is 1620 g/mol. The highest BCUT2D eigenvalue weighted by atomic mass is 15.0. The number of aromatic nitrogens is 4. The third-order valence-corrected chi connectivity index (χ3v) is 28.8. The molecule has 588 valence electrons. The highest BCUT2D eigenvalue weighted by Crippen LogP contribution is 2.55. The van der Waals surface area contributed by atoms with Gasteiger partial charge in [-0.3, -0.25) is 0 Å². The van der Waals surface area contributed by atoms with Crippen LogP contribution < -0.4 is 0 Å². The second kappa shape index (κ2) is 26.3. The molecule has 0 radical (unpaired) electrons. The highest BCUT2D eigenvalue weighted by molar-refractivity contribution is 6.33. The van der Waals surface area contributed by atoms with Crippen LogP contribution in [0.4, 0.5) is 0 Å². The first-order chi connectivity index (χ1) is 63.5. The summed E-state index contributed by atoms with van der Waals surface area (Å²) in [6, 6.07) is 163. The van der Waals surface area contributed by atoms with Crippen LogP contribution in [-0.2, 0) is 0 Å². The van der Waals surface area contributed by atoms with Gasteiger partial charge in [-0.05, 0) is 263 Å². The largest absolute Gasteiger partial charge is 0.309 e. The first kappa shape index (κ1) is 69.6. The fraction of sp³-hybridized carbons (Fsp3) is 0. The third-order valence-electron chi connectivity index (χ3n) is 28.8. The van der Waals surface area contributed by atoms with Crippen molar-refractivity contribution >= 4 is 163 Å². The van der Waals surface area contributed by atoms with E-state index in [0.29, 0.717) is 0 Å². The molecule has 0 bridgehead atoms. The van der Waals surface area contributed by atoms with Crippen molar-refractivity contribution in [2.75, 3.05) is 0 Å². The van der Waals surface area contributed by atoms with Gasteiger partial charge < -0.3 is 18.3 Å². The zero-order valence-corrected chi connectivity index (χ0v) is 69.4. The van der Waals surface area contributed by atoms with Crippen molar-refractivity contribution in [3.05, 3.63) is 437 Å². The lowest BCUT2D eigenvalue weighted by atomic mass is 9.90. The molecular formula is C124H72N4. The molecule has 3 aliphatic carbocycles. The Kier molecular flexibility index (Phi) is 14.3. The lowest BCUT2D eigenvalue weighted by Crippen LogP contribution is -1.97. The molecule has 0 aliphatic heterocycles. The SMILES string of the molecule is c1cc(-c2ccc3c4c(cccc24)-c2ccccc2-3)cc(-n2c3ccccc3c3cc(-c4ccc5c(c4)c4ccccc4n5-c4ccc5c6c(cccc46)-c4ccccc4-5)ccc32)c1.c1ccc2c(c1)-c1cccc3c(-n4c5ccccc5c5cc(-c6ccc7c(c6)c6ccccc6n7-c6cc7c8ccccc8c8ccccc8c7c7ccccc67)ccc54)ccc-2c13. The summed E-state index contributed by atoms with van der Waals surface area (Å²) >= 11 is 0. The molecule has 4 heterocycles. The fourth-order valence-electron chi connectivity index (χ4n) is 23.4. The Labute approximate surface area is 735 Å². The molecule has 0 saturated heterocycles. The van der Waals surface area contributed by atoms with Crippen molar-refractivity contribution in [1.29, 1.82) is 0 Å². The summed E-state index contributed by atoms with van der Waals surface area (Å²) in [6.45, 7) is 0. The maximum atomic E-state index is 2.51. The van der Waals surface area contributed by atoms with Crippen molar-refractivity contribution in [1.82, 2.24) is 18.3 Å². The lowest BCUT2D eigenvalue weighted by molar-refractivity contribution is 1.18. The Bertz CT molecular complexity index is 9580. The summed E-state index contributed by atoms with van der Waals surface area (Å²) in [5, 5.41) is 28.2. The summed E-state index contributed by atoms with van der Waals surface area (Å²) in [5.41, 5.74) is 37.6. The van der Waals surface area contributed by atoms with Gasteiger partial charge in [0.2, 0.25) is 0 Å². The second-order valence-corrected chi connectivity index (χ2v) is 35.1. The molecule has 0 unspecified atom stereocenters. The van der Waals surface area contributed by atoms with Gasteiger partial charge in [-0.25, -0.2) is 0 Å². The number of rotatable bonds is 7. The second-order valence-electron chi connectivity index (χ2n) is 35.1. The molecule has 3 aliphatic rings. The van der Waals surface area contributed by atoms with E-state index in [2.05, 4.69) is 455 Å². The highest BCUT2D eigenvalue weighted by Gasteiger charge is 2.30.